The number of primary amides is 1. The summed E-state index contributed by atoms with van der Waals surface area (Å²) in [4.78, 5) is 11.8. The minimum absolute atomic E-state index is 0.0697. The number of benzene rings is 1. The predicted molar refractivity (Wildman–Crippen MR) is 107 cm³/mol. The molecular weight excluding hydrogens is 416 g/mol. The summed E-state index contributed by atoms with van der Waals surface area (Å²) in [5, 5.41) is 25.4. The molecule has 2 rings (SSSR count). The van der Waals surface area contributed by atoms with Crippen molar-refractivity contribution in [3.63, 3.8) is 0 Å². The highest BCUT2D eigenvalue weighted by atomic mass is 19.4. The van der Waals surface area contributed by atoms with E-state index in [1.165, 1.54) is 30.5 Å². The minimum atomic E-state index is -4.30. The lowest BCUT2D eigenvalue weighted by atomic mass is 9.77. The molecule has 31 heavy (non-hydrogen) atoms. The highest BCUT2D eigenvalue weighted by Gasteiger charge is 2.36. The third-order valence-corrected chi connectivity index (χ3v) is 5.12. The molecule has 0 heterocycles. The number of anilines is 1. The molecule has 0 bridgehead atoms. The highest BCUT2D eigenvalue weighted by Crippen LogP contribution is 2.32. The zero-order valence-electron chi connectivity index (χ0n) is 16.7. The summed E-state index contributed by atoms with van der Waals surface area (Å²) in [5.74, 6) is -1.66. The van der Waals surface area contributed by atoms with Crippen LogP contribution in [0.4, 0.5) is 23.2 Å². The molecule has 0 radical (unpaired) electrons. The van der Waals surface area contributed by atoms with Gasteiger partial charge in [-0.2, -0.15) is 18.4 Å². The van der Waals surface area contributed by atoms with Crippen molar-refractivity contribution in [2.24, 2.45) is 5.73 Å². The Morgan fingerprint density at radius 1 is 1.29 bits per heavy atom. The molecule has 11 heteroatoms. The van der Waals surface area contributed by atoms with E-state index < -0.39 is 30.0 Å². The molecule has 0 aliphatic heterocycles. The Morgan fingerprint density at radius 3 is 2.42 bits per heavy atom. The van der Waals surface area contributed by atoms with E-state index in [-0.39, 0.29) is 23.9 Å². The van der Waals surface area contributed by atoms with Gasteiger partial charge in [0.1, 0.15) is 11.7 Å². The molecule has 7 nitrogen and oxygen atoms in total. The summed E-state index contributed by atoms with van der Waals surface area (Å²) in [5.41, 5.74) is 4.83. The molecule has 0 atom stereocenters. The maximum atomic E-state index is 13.0. The van der Waals surface area contributed by atoms with Gasteiger partial charge in [0.05, 0.1) is 24.6 Å². The predicted octanol–water partition coefficient (Wildman–Crippen LogP) is 2.92. The molecule has 0 saturated heterocycles. The first-order valence-corrected chi connectivity index (χ1v) is 9.60. The highest BCUT2D eigenvalue weighted by molar-refractivity contribution is 6.23. The summed E-state index contributed by atoms with van der Waals surface area (Å²) < 4.78 is 50.2. The van der Waals surface area contributed by atoms with Gasteiger partial charge in [0.25, 0.3) is 5.91 Å². The summed E-state index contributed by atoms with van der Waals surface area (Å²) in [6, 6.07) is 6.90. The van der Waals surface area contributed by atoms with Crippen LogP contribution < -0.4 is 21.7 Å². The number of hydrogen-bond acceptors (Lipinski definition) is 5. The molecule has 1 amide bonds. The summed E-state index contributed by atoms with van der Waals surface area (Å²) in [6.07, 6.45) is -1.35. The van der Waals surface area contributed by atoms with E-state index in [1.54, 1.807) is 0 Å². The number of nitriles is 1. The van der Waals surface area contributed by atoms with Crippen molar-refractivity contribution in [3.8, 4) is 6.07 Å². The third kappa shape index (κ3) is 7.57. The van der Waals surface area contributed by atoms with Crippen LogP contribution >= 0.6 is 0 Å². The van der Waals surface area contributed by atoms with Gasteiger partial charge >= 0.3 is 6.18 Å². The molecule has 168 valence electrons. The van der Waals surface area contributed by atoms with Crippen molar-refractivity contribution < 1.29 is 22.4 Å². The molecule has 1 aromatic carbocycles. The fourth-order valence-corrected chi connectivity index (χ4v) is 3.39. The fourth-order valence-electron chi connectivity index (χ4n) is 3.39. The van der Waals surface area contributed by atoms with Crippen LogP contribution in [0.15, 0.2) is 36.0 Å². The first-order chi connectivity index (χ1) is 14.5. The van der Waals surface area contributed by atoms with Gasteiger partial charge < -0.3 is 21.7 Å². The number of carbonyl (C=O) groups excluding carboxylic acids is 1. The van der Waals surface area contributed by atoms with E-state index in [9.17, 15) is 27.6 Å². The van der Waals surface area contributed by atoms with Crippen molar-refractivity contribution in [2.75, 3.05) is 11.9 Å². The SMILES string of the molecule is N#CCC1(N/C=C(\C(=N)Nc2ccc(F)cc2)C(N)=O)CCC(NCC(F)(F)F)CC1. The normalized spacial score (nSPS) is 21.8. The second-order valence-corrected chi connectivity index (χ2v) is 7.46. The Morgan fingerprint density at radius 2 is 1.90 bits per heavy atom. The van der Waals surface area contributed by atoms with Crippen molar-refractivity contribution in [3.05, 3.63) is 41.9 Å². The zero-order chi connectivity index (χ0) is 23.1. The Labute approximate surface area is 177 Å². The van der Waals surface area contributed by atoms with Crippen molar-refractivity contribution in [1.29, 1.82) is 10.7 Å². The van der Waals surface area contributed by atoms with E-state index in [0.717, 1.165) is 0 Å². The summed E-state index contributed by atoms with van der Waals surface area (Å²) in [6.45, 7) is -1.08. The second-order valence-electron chi connectivity index (χ2n) is 7.46. The Kier molecular flexibility index (Phi) is 7.99. The summed E-state index contributed by atoms with van der Waals surface area (Å²) in [7, 11) is 0. The number of alkyl halides is 3. The number of rotatable bonds is 8. The second kappa shape index (κ2) is 10.3. The van der Waals surface area contributed by atoms with Crippen LogP contribution in [0.1, 0.15) is 32.1 Å². The third-order valence-electron chi connectivity index (χ3n) is 5.12. The van der Waals surface area contributed by atoms with Crippen LogP contribution in [0.5, 0.6) is 0 Å². The van der Waals surface area contributed by atoms with E-state index in [4.69, 9.17) is 11.1 Å². The smallest absolute Gasteiger partial charge is 0.384 e. The molecule has 0 unspecified atom stereocenters. The Hall–Kier alpha value is -3.13. The van der Waals surface area contributed by atoms with Gasteiger partial charge in [0, 0.05) is 23.5 Å². The summed E-state index contributed by atoms with van der Waals surface area (Å²) >= 11 is 0. The number of amidine groups is 1. The van der Waals surface area contributed by atoms with Gasteiger partial charge in [-0.3, -0.25) is 10.2 Å². The fraction of sp³-hybridized carbons (Fsp3) is 0.450. The largest absolute Gasteiger partial charge is 0.401 e. The first kappa shape index (κ1) is 24.1. The van der Waals surface area contributed by atoms with Gasteiger partial charge in [-0.1, -0.05) is 0 Å². The molecule has 1 aliphatic carbocycles. The molecular formula is C20H24F4N6O. The number of nitrogens with one attached hydrogen (secondary N) is 4. The number of hydrogen-bond donors (Lipinski definition) is 5. The lowest BCUT2D eigenvalue weighted by Crippen LogP contribution is -2.50. The van der Waals surface area contributed by atoms with Gasteiger partial charge in [-0.05, 0) is 49.9 Å². The monoisotopic (exact) mass is 440 g/mol. The first-order valence-electron chi connectivity index (χ1n) is 9.60. The van der Waals surface area contributed by atoms with Crippen molar-refractivity contribution in [2.45, 2.75) is 49.9 Å². The van der Waals surface area contributed by atoms with E-state index in [2.05, 4.69) is 22.0 Å². The lowest BCUT2D eigenvalue weighted by molar-refractivity contribution is -0.126. The Bertz CT molecular complexity index is 852. The maximum absolute atomic E-state index is 13.0. The number of carbonyl (C=O) groups is 1. The number of nitrogens with zero attached hydrogens (tertiary/aromatic N) is 1. The van der Waals surface area contributed by atoms with Crippen LogP contribution in [0.25, 0.3) is 0 Å². The molecule has 1 aliphatic rings. The number of nitrogens with two attached hydrogens (primary N) is 1. The van der Waals surface area contributed by atoms with Gasteiger partial charge in [-0.25, -0.2) is 4.39 Å². The lowest BCUT2D eigenvalue weighted by Gasteiger charge is -2.39. The molecule has 1 saturated carbocycles. The molecule has 1 fully saturated rings. The van der Waals surface area contributed by atoms with E-state index >= 15 is 0 Å². The average molecular weight is 440 g/mol. The van der Waals surface area contributed by atoms with Crippen molar-refractivity contribution >= 4 is 17.4 Å². The quantitative estimate of drug-likeness (QED) is 0.184. The number of amides is 1. The van der Waals surface area contributed by atoms with Crippen LogP contribution in [0.3, 0.4) is 0 Å². The van der Waals surface area contributed by atoms with Crippen LogP contribution in [-0.4, -0.2) is 36.0 Å². The topological polar surface area (TPSA) is 127 Å². The van der Waals surface area contributed by atoms with Crippen molar-refractivity contribution in [1.82, 2.24) is 10.6 Å². The standard InChI is InChI=1S/C20H24F4N6O/c21-13-1-3-15(4-2-13)30-17(26)16(18(27)31)11-29-19(9-10-25)7-5-14(6-8-19)28-12-20(22,23)24/h1-4,11,14,28-29H,5-9,12H2,(H2,26,30)(H2,27,31)/b16-11+. The van der Waals surface area contributed by atoms with E-state index in [0.29, 0.717) is 31.4 Å². The van der Waals surface area contributed by atoms with Gasteiger partial charge in [0.15, 0.2) is 0 Å². The van der Waals surface area contributed by atoms with Crippen LogP contribution in [0.2, 0.25) is 0 Å². The average Bonchev–Trinajstić information content (AvgIpc) is 2.69. The molecule has 0 aromatic heterocycles. The minimum Gasteiger partial charge on any atom is -0.384 e. The maximum Gasteiger partial charge on any atom is 0.401 e. The van der Waals surface area contributed by atoms with E-state index in [1.807, 2.05) is 0 Å². The molecule has 6 N–H and O–H groups in total. The Balaban J connectivity index is 2.06. The van der Waals surface area contributed by atoms with Crippen LogP contribution in [-0.2, 0) is 4.79 Å². The zero-order valence-corrected chi connectivity index (χ0v) is 16.7. The van der Waals surface area contributed by atoms with Gasteiger partial charge in [-0.15, -0.1) is 0 Å². The molecule has 1 aromatic rings. The number of halogens is 4. The van der Waals surface area contributed by atoms with Crippen LogP contribution in [0, 0.1) is 22.6 Å². The van der Waals surface area contributed by atoms with Gasteiger partial charge in [0.2, 0.25) is 0 Å². The molecule has 0 spiro atoms.